The molecule has 0 spiro atoms. The van der Waals surface area contributed by atoms with Crippen molar-refractivity contribution in [2.24, 2.45) is 0 Å². The van der Waals surface area contributed by atoms with Gasteiger partial charge in [0.1, 0.15) is 36.5 Å². The molecule has 2 aromatic heterocycles. The molecule has 2 saturated heterocycles. The van der Waals surface area contributed by atoms with Gasteiger partial charge in [-0.3, -0.25) is 0 Å². The number of aliphatic hydroxyl groups excluding tert-OH is 4. The minimum absolute atomic E-state index is 0.0896. The average molecular weight is 479 g/mol. The number of hydrogen-bond acceptors (Lipinski definition) is 12. The molecule has 12 heteroatoms. The summed E-state index contributed by atoms with van der Waals surface area (Å²) in [4.78, 5) is 22.7. The Morgan fingerprint density at radius 1 is 0.618 bits per heavy atom. The number of piperidine rings is 2. The molecule has 4 heterocycles. The van der Waals surface area contributed by atoms with Crippen molar-refractivity contribution in [1.82, 2.24) is 19.9 Å². The van der Waals surface area contributed by atoms with E-state index in [0.717, 1.165) is 64.7 Å². The fourth-order valence-electron chi connectivity index (χ4n) is 4.17. The number of aromatic nitrogens is 4. The highest BCUT2D eigenvalue weighted by Crippen LogP contribution is 2.34. The number of anilines is 2. The van der Waals surface area contributed by atoms with E-state index in [0.29, 0.717) is 22.7 Å². The van der Waals surface area contributed by atoms with Gasteiger partial charge < -0.3 is 39.7 Å². The molecule has 1 unspecified atom stereocenters. The zero-order chi connectivity index (χ0) is 23.9. The van der Waals surface area contributed by atoms with E-state index in [1.807, 2.05) is 0 Å². The summed E-state index contributed by atoms with van der Waals surface area (Å²) in [6.45, 7) is 2.13. The van der Waals surface area contributed by atoms with E-state index >= 15 is 0 Å². The Morgan fingerprint density at radius 3 is 1.35 bits per heavy atom. The van der Waals surface area contributed by atoms with Crippen LogP contribution < -0.4 is 19.3 Å². The van der Waals surface area contributed by atoms with Crippen molar-refractivity contribution in [3.8, 4) is 12.0 Å². The molecule has 188 valence electrons. The Bertz CT molecular complexity index is 862. The standard InChI is InChI=1S/C22H34N6O6/c29-11-15(31)13-33-21-24-18-17(19(25-21)27-7-3-1-4-8-27)23-22(34-14-16(32)12-30)26-20(18)28-9-5-2-6-10-28/h15-16,29-32H,1-14H2/t15-,16?/m0/s1. The largest absolute Gasteiger partial charge is 0.461 e. The third kappa shape index (κ3) is 5.93. The highest BCUT2D eigenvalue weighted by atomic mass is 16.5. The molecular weight excluding hydrogens is 444 g/mol. The molecule has 2 fully saturated rings. The van der Waals surface area contributed by atoms with E-state index in [4.69, 9.17) is 19.7 Å². The Morgan fingerprint density at radius 2 is 1.00 bits per heavy atom. The predicted molar refractivity (Wildman–Crippen MR) is 124 cm³/mol. The molecule has 0 amide bonds. The zero-order valence-corrected chi connectivity index (χ0v) is 19.3. The summed E-state index contributed by atoms with van der Waals surface area (Å²) in [5, 5.41) is 37.8. The van der Waals surface area contributed by atoms with Crippen LogP contribution in [0.15, 0.2) is 0 Å². The monoisotopic (exact) mass is 478 g/mol. The van der Waals surface area contributed by atoms with Gasteiger partial charge in [-0.25, -0.2) is 0 Å². The summed E-state index contributed by atoms with van der Waals surface area (Å²) >= 11 is 0. The van der Waals surface area contributed by atoms with E-state index in [9.17, 15) is 10.2 Å². The van der Waals surface area contributed by atoms with E-state index < -0.39 is 25.4 Å². The molecule has 0 radical (unpaired) electrons. The highest BCUT2D eigenvalue weighted by molar-refractivity contribution is 5.93. The normalized spacial score (nSPS) is 18.7. The Balaban J connectivity index is 1.80. The predicted octanol–water partition coefficient (Wildman–Crippen LogP) is -0.136. The molecule has 4 rings (SSSR count). The van der Waals surface area contributed by atoms with E-state index in [-0.39, 0.29) is 25.2 Å². The van der Waals surface area contributed by atoms with Crippen LogP contribution in [0.2, 0.25) is 0 Å². The first-order valence-electron chi connectivity index (χ1n) is 12.0. The van der Waals surface area contributed by atoms with Crippen molar-refractivity contribution in [2.75, 3.05) is 62.4 Å². The molecule has 12 nitrogen and oxygen atoms in total. The van der Waals surface area contributed by atoms with Gasteiger partial charge in [0.25, 0.3) is 0 Å². The van der Waals surface area contributed by atoms with Crippen LogP contribution in [0, 0.1) is 0 Å². The molecule has 2 aromatic rings. The van der Waals surface area contributed by atoms with Crippen LogP contribution in [0.5, 0.6) is 12.0 Å². The molecule has 34 heavy (non-hydrogen) atoms. The van der Waals surface area contributed by atoms with E-state index in [1.54, 1.807) is 0 Å². The molecule has 2 aliphatic heterocycles. The SMILES string of the molecule is OCC(O)COc1nc(N2CCCCC2)c2nc(OC[C@@H](O)CO)nc(N3CCCCC3)c2n1. The third-order valence-corrected chi connectivity index (χ3v) is 6.01. The summed E-state index contributed by atoms with van der Waals surface area (Å²) < 4.78 is 11.3. The number of fused-ring (bicyclic) bond motifs is 1. The van der Waals surface area contributed by atoms with Crippen LogP contribution in [0.4, 0.5) is 11.6 Å². The molecular formula is C22H34N6O6. The smallest absolute Gasteiger partial charge is 0.319 e. The summed E-state index contributed by atoms with van der Waals surface area (Å²) in [6, 6.07) is 0.179. The number of hydrogen-bond donors (Lipinski definition) is 4. The quantitative estimate of drug-likeness (QED) is 0.359. The lowest BCUT2D eigenvalue weighted by Crippen LogP contribution is -2.32. The second-order valence-corrected chi connectivity index (χ2v) is 8.75. The first-order valence-corrected chi connectivity index (χ1v) is 12.0. The van der Waals surface area contributed by atoms with Gasteiger partial charge >= 0.3 is 12.0 Å². The van der Waals surface area contributed by atoms with Gasteiger partial charge in [-0.15, -0.1) is 0 Å². The van der Waals surface area contributed by atoms with Gasteiger partial charge in [-0.05, 0) is 38.5 Å². The Labute approximate surface area is 198 Å². The number of ether oxygens (including phenoxy) is 2. The van der Waals surface area contributed by atoms with Crippen LogP contribution in [-0.2, 0) is 0 Å². The van der Waals surface area contributed by atoms with Crippen molar-refractivity contribution < 1.29 is 29.9 Å². The van der Waals surface area contributed by atoms with Gasteiger partial charge in [0.05, 0.1) is 13.2 Å². The molecule has 0 aliphatic carbocycles. The summed E-state index contributed by atoms with van der Waals surface area (Å²) in [7, 11) is 0. The Kier molecular flexibility index (Phi) is 8.48. The molecule has 2 aliphatic rings. The summed E-state index contributed by atoms with van der Waals surface area (Å²) in [5.41, 5.74) is 1.06. The van der Waals surface area contributed by atoms with Crippen molar-refractivity contribution in [3.05, 3.63) is 0 Å². The lowest BCUT2D eigenvalue weighted by atomic mass is 10.1. The second kappa shape index (κ2) is 11.7. The van der Waals surface area contributed by atoms with Crippen LogP contribution in [0.3, 0.4) is 0 Å². The van der Waals surface area contributed by atoms with Crippen LogP contribution in [0.25, 0.3) is 11.0 Å². The van der Waals surface area contributed by atoms with E-state index in [2.05, 4.69) is 29.7 Å². The number of rotatable bonds is 10. The topological polar surface area (TPSA) is 157 Å². The van der Waals surface area contributed by atoms with Crippen molar-refractivity contribution in [2.45, 2.75) is 50.7 Å². The van der Waals surface area contributed by atoms with Gasteiger partial charge in [0, 0.05) is 26.2 Å². The van der Waals surface area contributed by atoms with Gasteiger partial charge in [0.15, 0.2) is 11.6 Å². The molecule has 0 saturated carbocycles. The molecule has 2 atom stereocenters. The first kappa shape index (κ1) is 24.6. The van der Waals surface area contributed by atoms with Gasteiger partial charge in [-0.1, -0.05) is 0 Å². The maximum Gasteiger partial charge on any atom is 0.319 e. The maximum atomic E-state index is 9.74. The average Bonchev–Trinajstić information content (AvgIpc) is 2.90. The fraction of sp³-hybridized carbons (Fsp3) is 0.727. The van der Waals surface area contributed by atoms with Crippen molar-refractivity contribution in [1.29, 1.82) is 0 Å². The van der Waals surface area contributed by atoms with Crippen molar-refractivity contribution >= 4 is 22.7 Å². The maximum absolute atomic E-state index is 9.74. The van der Waals surface area contributed by atoms with Crippen LogP contribution in [0.1, 0.15) is 38.5 Å². The third-order valence-electron chi connectivity index (χ3n) is 6.01. The zero-order valence-electron chi connectivity index (χ0n) is 19.3. The number of nitrogens with zero attached hydrogens (tertiary/aromatic N) is 6. The second-order valence-electron chi connectivity index (χ2n) is 8.75. The van der Waals surface area contributed by atoms with Crippen LogP contribution >= 0.6 is 0 Å². The van der Waals surface area contributed by atoms with Crippen molar-refractivity contribution in [3.63, 3.8) is 0 Å². The van der Waals surface area contributed by atoms with Gasteiger partial charge in [-0.2, -0.15) is 19.9 Å². The fourth-order valence-corrected chi connectivity index (χ4v) is 4.17. The summed E-state index contributed by atoms with van der Waals surface area (Å²) in [6.07, 6.45) is 4.33. The molecule has 0 bridgehead atoms. The molecule has 4 N–H and O–H groups in total. The first-order chi connectivity index (χ1) is 16.6. The lowest BCUT2D eigenvalue weighted by molar-refractivity contribution is 0.0503. The van der Waals surface area contributed by atoms with E-state index in [1.165, 1.54) is 0 Å². The lowest BCUT2D eigenvalue weighted by Gasteiger charge is -2.31. The Hall–Kier alpha value is -2.54. The minimum Gasteiger partial charge on any atom is -0.461 e. The minimum atomic E-state index is -1.04. The van der Waals surface area contributed by atoms with Crippen LogP contribution in [-0.4, -0.2) is 105 Å². The summed E-state index contributed by atoms with van der Waals surface area (Å²) in [5.74, 6) is 1.21. The highest BCUT2D eigenvalue weighted by Gasteiger charge is 2.26. The number of aliphatic hydroxyl groups is 4. The molecule has 0 aromatic carbocycles. The van der Waals surface area contributed by atoms with Gasteiger partial charge in [0.2, 0.25) is 0 Å².